The number of amides is 1. The first-order valence-corrected chi connectivity index (χ1v) is 23.5. The highest BCUT2D eigenvalue weighted by molar-refractivity contribution is 7.87. The van der Waals surface area contributed by atoms with Crippen molar-refractivity contribution in [3.8, 4) is 5.75 Å². The molecular formula is C39H54ClN3O6SSi. The van der Waals surface area contributed by atoms with Gasteiger partial charge in [0.1, 0.15) is 5.75 Å². The van der Waals surface area contributed by atoms with Gasteiger partial charge in [0.25, 0.3) is 5.91 Å². The van der Waals surface area contributed by atoms with Crippen LogP contribution in [0.15, 0.2) is 48.6 Å². The van der Waals surface area contributed by atoms with E-state index in [-0.39, 0.29) is 41.3 Å². The van der Waals surface area contributed by atoms with E-state index in [2.05, 4.69) is 67.8 Å². The summed E-state index contributed by atoms with van der Waals surface area (Å²) in [6, 6.07) is 11.6. The Kier molecular flexibility index (Phi) is 10.2. The van der Waals surface area contributed by atoms with E-state index < -0.39 is 24.4 Å². The lowest BCUT2D eigenvalue weighted by atomic mass is 9.68. The van der Waals surface area contributed by atoms with Crippen molar-refractivity contribution in [3.05, 3.63) is 70.3 Å². The fourth-order valence-electron chi connectivity index (χ4n) is 8.23. The van der Waals surface area contributed by atoms with Crippen LogP contribution in [0.4, 0.5) is 5.69 Å². The maximum absolute atomic E-state index is 13.8. The standard InChI is InChI=1S/C39H54ClN3O6SSi/c1-38(2,3)51(4,5)49-35-10-6-7-19-43(24-31-17-20-47-31)50(45,46)41-37(44)28-12-16-36-34(22-28)42(23-29-11-14-32(29)35)25-39(26-48-36)18-8-9-27-21-30(40)13-15-33(27)39/h6,10,12-13,15-16,21-22,29,31-32,35H,7-9,11,14,17-20,23-26H2,1-5H3,(H,41,44)/b10-6-/t29-,31+,32+,35-,39-/m0/s1. The normalized spacial score (nSPS) is 30.5. The number of carbonyl (C=O) groups is 1. The van der Waals surface area contributed by atoms with Gasteiger partial charge in [-0.15, -0.1) is 0 Å². The summed E-state index contributed by atoms with van der Waals surface area (Å²) in [6.45, 7) is 14.5. The maximum atomic E-state index is 13.8. The number of aryl methyl sites for hydroxylation is 1. The fraction of sp³-hybridized carbons (Fsp3) is 0.615. The molecule has 1 saturated heterocycles. The number of carbonyl (C=O) groups excluding carboxylic acids is 1. The largest absolute Gasteiger partial charge is 0.490 e. The van der Waals surface area contributed by atoms with Gasteiger partial charge in [-0.3, -0.25) is 4.79 Å². The van der Waals surface area contributed by atoms with E-state index in [0.29, 0.717) is 37.2 Å². The molecule has 7 rings (SSSR count). The quantitative estimate of drug-likeness (QED) is 0.259. The van der Waals surface area contributed by atoms with Crippen LogP contribution in [-0.4, -0.2) is 78.5 Å². The van der Waals surface area contributed by atoms with Gasteiger partial charge in [0, 0.05) is 48.8 Å². The van der Waals surface area contributed by atoms with Gasteiger partial charge in [-0.2, -0.15) is 12.7 Å². The van der Waals surface area contributed by atoms with Gasteiger partial charge >= 0.3 is 10.2 Å². The highest BCUT2D eigenvalue weighted by atomic mass is 35.5. The monoisotopic (exact) mass is 755 g/mol. The first-order valence-electron chi connectivity index (χ1n) is 18.7. The molecule has 5 atom stereocenters. The molecule has 1 spiro atoms. The molecule has 0 aromatic heterocycles. The number of ether oxygens (including phenoxy) is 2. The van der Waals surface area contributed by atoms with Crippen molar-refractivity contribution < 1.29 is 27.1 Å². The molecular weight excluding hydrogens is 702 g/mol. The molecule has 9 nitrogen and oxygen atoms in total. The van der Waals surface area contributed by atoms with Crippen LogP contribution in [0.3, 0.4) is 0 Å². The second kappa shape index (κ2) is 14.1. The Labute approximate surface area is 310 Å². The highest BCUT2D eigenvalue weighted by Gasteiger charge is 2.47. The Morgan fingerprint density at radius 2 is 1.92 bits per heavy atom. The molecule has 278 valence electrons. The lowest BCUT2D eigenvalue weighted by Gasteiger charge is -2.48. The molecule has 2 fully saturated rings. The van der Waals surface area contributed by atoms with Gasteiger partial charge < -0.3 is 18.8 Å². The van der Waals surface area contributed by atoms with Crippen LogP contribution >= 0.6 is 11.6 Å². The highest BCUT2D eigenvalue weighted by Crippen LogP contribution is 2.48. The third-order valence-corrected chi connectivity index (χ3v) is 18.7. The number of nitrogens with one attached hydrogen (secondary N) is 1. The molecule has 51 heavy (non-hydrogen) atoms. The molecule has 3 heterocycles. The summed E-state index contributed by atoms with van der Waals surface area (Å²) in [7, 11) is -6.29. The van der Waals surface area contributed by atoms with Crippen LogP contribution in [0.25, 0.3) is 0 Å². The van der Waals surface area contributed by atoms with Crippen molar-refractivity contribution in [2.45, 2.75) is 101 Å². The Morgan fingerprint density at radius 1 is 1.12 bits per heavy atom. The van der Waals surface area contributed by atoms with Crippen LogP contribution in [0, 0.1) is 11.8 Å². The van der Waals surface area contributed by atoms with Gasteiger partial charge in [0.05, 0.1) is 24.5 Å². The smallest absolute Gasteiger partial charge is 0.304 e. The van der Waals surface area contributed by atoms with Crippen molar-refractivity contribution >= 4 is 41.7 Å². The fourth-order valence-corrected chi connectivity index (χ4v) is 10.9. The number of hydrogen-bond donors (Lipinski definition) is 1. The van der Waals surface area contributed by atoms with Crippen LogP contribution in [0.2, 0.25) is 23.2 Å². The number of anilines is 1. The number of nitrogens with zero attached hydrogens (tertiary/aromatic N) is 2. The predicted molar refractivity (Wildman–Crippen MR) is 205 cm³/mol. The first kappa shape index (κ1) is 36.9. The second-order valence-corrected chi connectivity index (χ2v) is 23.8. The lowest BCUT2D eigenvalue weighted by molar-refractivity contribution is -0.0574. The van der Waals surface area contributed by atoms with Gasteiger partial charge in [-0.25, -0.2) is 4.72 Å². The molecule has 3 aliphatic heterocycles. The van der Waals surface area contributed by atoms with E-state index in [1.54, 1.807) is 6.07 Å². The van der Waals surface area contributed by atoms with Crippen LogP contribution in [0.5, 0.6) is 5.75 Å². The third kappa shape index (κ3) is 7.53. The number of fused-ring (bicyclic) bond motifs is 4. The van der Waals surface area contributed by atoms with Crippen molar-refractivity contribution in [2.75, 3.05) is 44.3 Å². The van der Waals surface area contributed by atoms with Gasteiger partial charge in [0.2, 0.25) is 0 Å². The minimum atomic E-state index is -4.15. The van der Waals surface area contributed by atoms with Crippen molar-refractivity contribution in [2.24, 2.45) is 11.8 Å². The SMILES string of the molecule is CC(C)(C)[Si](C)(C)O[C@H]1/C=C\CCN(C[C@H]2CCO2)S(=O)(=O)NC(=O)c2ccc3c(c2)N(C[C@@H]2CC[C@H]21)C[C@@]1(CCCc2cc(Cl)ccc21)CO3. The van der Waals surface area contributed by atoms with Crippen LogP contribution in [0.1, 0.15) is 80.8 Å². The molecule has 5 aliphatic rings. The topological polar surface area (TPSA) is 97.4 Å². The summed E-state index contributed by atoms with van der Waals surface area (Å²) in [5.74, 6) is 0.751. The zero-order valence-electron chi connectivity index (χ0n) is 30.8. The maximum Gasteiger partial charge on any atom is 0.304 e. The van der Waals surface area contributed by atoms with Gasteiger partial charge in [-0.05, 0) is 116 Å². The Balaban J connectivity index is 1.29. The van der Waals surface area contributed by atoms with Gasteiger partial charge in [-0.1, -0.05) is 50.6 Å². The molecule has 12 heteroatoms. The average molecular weight is 756 g/mol. The lowest BCUT2D eigenvalue weighted by Crippen LogP contribution is -2.52. The molecule has 0 radical (unpaired) electrons. The Hall–Kier alpha value is -2.41. The van der Waals surface area contributed by atoms with E-state index in [1.807, 2.05) is 18.2 Å². The first-order chi connectivity index (χ1) is 24.1. The van der Waals surface area contributed by atoms with E-state index in [0.717, 1.165) is 62.3 Å². The van der Waals surface area contributed by atoms with E-state index in [1.165, 1.54) is 15.4 Å². The van der Waals surface area contributed by atoms with Crippen molar-refractivity contribution in [1.29, 1.82) is 0 Å². The molecule has 2 aromatic rings. The van der Waals surface area contributed by atoms with Crippen molar-refractivity contribution in [3.63, 3.8) is 0 Å². The van der Waals surface area contributed by atoms with Crippen molar-refractivity contribution in [1.82, 2.24) is 9.03 Å². The molecule has 1 N–H and O–H groups in total. The minimum Gasteiger partial charge on any atom is -0.490 e. The Morgan fingerprint density at radius 3 is 2.63 bits per heavy atom. The molecule has 1 saturated carbocycles. The second-order valence-electron chi connectivity index (χ2n) is 16.9. The van der Waals surface area contributed by atoms with Crippen LogP contribution < -0.4 is 14.4 Å². The zero-order valence-corrected chi connectivity index (χ0v) is 33.3. The predicted octanol–water partition coefficient (Wildman–Crippen LogP) is 7.26. The van der Waals surface area contributed by atoms with E-state index >= 15 is 0 Å². The molecule has 2 aromatic carbocycles. The molecule has 1 amide bonds. The van der Waals surface area contributed by atoms with Gasteiger partial charge in [0.15, 0.2) is 8.32 Å². The summed E-state index contributed by atoms with van der Waals surface area (Å²) in [6.07, 6.45) is 10.5. The zero-order chi connectivity index (χ0) is 36.2. The summed E-state index contributed by atoms with van der Waals surface area (Å²) in [4.78, 5) is 16.2. The Bertz CT molecular complexity index is 1780. The third-order valence-electron chi connectivity index (χ3n) is 12.5. The number of hydrogen-bond acceptors (Lipinski definition) is 7. The number of rotatable bonds is 4. The number of benzene rings is 2. The average Bonchev–Trinajstić information content (AvgIpc) is 3.17. The summed E-state index contributed by atoms with van der Waals surface area (Å²) in [5, 5.41) is 0.790. The summed E-state index contributed by atoms with van der Waals surface area (Å²) < 4.78 is 50.8. The van der Waals surface area contributed by atoms with E-state index in [4.69, 9.17) is 25.5 Å². The summed E-state index contributed by atoms with van der Waals surface area (Å²) >= 11 is 6.48. The summed E-state index contributed by atoms with van der Waals surface area (Å²) in [5.41, 5.74) is 3.41. The molecule has 2 aliphatic carbocycles. The molecule has 0 unspecified atom stereocenters. The molecule has 2 bridgehead atoms. The van der Waals surface area contributed by atoms with E-state index in [9.17, 15) is 13.2 Å². The minimum absolute atomic E-state index is 0.0440. The van der Waals surface area contributed by atoms with Crippen LogP contribution in [-0.2, 0) is 31.2 Å². The number of halogens is 1.